The SMILES string of the molecule is COc1cc(C2N(c3ccc(C)cc3)CCN2c2ccc(C)cc2)cc(Br)c1OCc1ccccc1F. The molecule has 1 fully saturated rings. The lowest BCUT2D eigenvalue weighted by molar-refractivity contribution is 0.277. The summed E-state index contributed by atoms with van der Waals surface area (Å²) in [6.45, 7) is 6.08. The van der Waals surface area contributed by atoms with Crippen LogP contribution >= 0.6 is 15.9 Å². The number of nitrogens with zero attached hydrogens (tertiary/aromatic N) is 2. The molecule has 0 bridgehead atoms. The van der Waals surface area contributed by atoms with Crippen LogP contribution in [0, 0.1) is 19.7 Å². The van der Waals surface area contributed by atoms with Crippen LogP contribution in [-0.2, 0) is 6.61 Å². The van der Waals surface area contributed by atoms with Gasteiger partial charge in [-0.05, 0) is 77.8 Å². The third-order valence-electron chi connectivity index (χ3n) is 6.78. The van der Waals surface area contributed by atoms with Gasteiger partial charge in [0.15, 0.2) is 11.5 Å². The van der Waals surface area contributed by atoms with Crippen molar-refractivity contribution in [3.8, 4) is 11.5 Å². The predicted octanol–water partition coefficient (Wildman–Crippen LogP) is 7.82. The molecule has 1 saturated heterocycles. The Bertz CT molecular complexity index is 1320. The largest absolute Gasteiger partial charge is 0.493 e. The molecule has 0 N–H and O–H groups in total. The Labute approximate surface area is 226 Å². The molecule has 0 aromatic heterocycles. The summed E-state index contributed by atoms with van der Waals surface area (Å²) in [5.74, 6) is 0.860. The number of aryl methyl sites for hydroxylation is 2. The molecular weight excluding hydrogens is 531 g/mol. The van der Waals surface area contributed by atoms with Crippen LogP contribution in [0.2, 0.25) is 0 Å². The zero-order valence-electron chi connectivity index (χ0n) is 21.2. The minimum atomic E-state index is -0.289. The fraction of sp³-hybridized carbons (Fsp3) is 0.226. The lowest BCUT2D eigenvalue weighted by Gasteiger charge is -2.34. The van der Waals surface area contributed by atoms with E-state index in [1.54, 1.807) is 25.3 Å². The normalized spacial score (nSPS) is 13.8. The third-order valence-corrected chi connectivity index (χ3v) is 7.37. The van der Waals surface area contributed by atoms with Gasteiger partial charge in [-0.1, -0.05) is 53.6 Å². The standard InChI is InChI=1S/C31H30BrFN2O2/c1-21-8-12-25(13-9-21)34-16-17-35(26-14-10-22(2)11-15-26)31(34)24-18-27(32)30(29(19-24)36-3)37-20-23-6-4-5-7-28(23)33/h4-15,18-19,31H,16-17,20H2,1-3H3. The molecular formula is C31H30BrFN2O2. The van der Waals surface area contributed by atoms with Crippen molar-refractivity contribution < 1.29 is 13.9 Å². The molecule has 0 atom stereocenters. The summed E-state index contributed by atoms with van der Waals surface area (Å²) in [5.41, 5.74) is 6.36. The maximum Gasteiger partial charge on any atom is 0.175 e. The fourth-order valence-electron chi connectivity index (χ4n) is 4.80. The summed E-state index contributed by atoms with van der Waals surface area (Å²) >= 11 is 3.71. The number of rotatable bonds is 7. The Morgan fingerprint density at radius 3 is 1.95 bits per heavy atom. The van der Waals surface area contributed by atoms with E-state index in [1.807, 2.05) is 6.07 Å². The molecule has 37 heavy (non-hydrogen) atoms. The van der Waals surface area contributed by atoms with Gasteiger partial charge >= 0.3 is 0 Å². The highest BCUT2D eigenvalue weighted by Gasteiger charge is 2.35. The molecule has 1 heterocycles. The maximum absolute atomic E-state index is 14.2. The maximum atomic E-state index is 14.2. The zero-order chi connectivity index (χ0) is 25.9. The van der Waals surface area contributed by atoms with Crippen LogP contribution < -0.4 is 19.3 Å². The van der Waals surface area contributed by atoms with Crippen molar-refractivity contribution in [3.63, 3.8) is 0 Å². The van der Waals surface area contributed by atoms with E-state index >= 15 is 0 Å². The lowest BCUT2D eigenvalue weighted by atomic mass is 10.1. The number of benzene rings is 4. The number of ether oxygens (including phenoxy) is 2. The molecule has 0 unspecified atom stereocenters. The highest BCUT2D eigenvalue weighted by Crippen LogP contribution is 2.44. The van der Waals surface area contributed by atoms with Gasteiger partial charge in [-0.3, -0.25) is 0 Å². The van der Waals surface area contributed by atoms with E-state index in [2.05, 4.69) is 94.2 Å². The predicted molar refractivity (Wildman–Crippen MR) is 151 cm³/mol. The second-order valence-electron chi connectivity index (χ2n) is 9.35. The Kier molecular flexibility index (Phi) is 7.38. The fourth-order valence-corrected chi connectivity index (χ4v) is 5.37. The third kappa shape index (κ3) is 5.30. The molecule has 4 nitrogen and oxygen atoms in total. The highest BCUT2D eigenvalue weighted by molar-refractivity contribution is 9.10. The molecule has 4 aromatic rings. The van der Waals surface area contributed by atoms with E-state index in [9.17, 15) is 4.39 Å². The molecule has 0 radical (unpaired) electrons. The van der Waals surface area contributed by atoms with Crippen LogP contribution in [0.1, 0.15) is 28.4 Å². The molecule has 0 spiro atoms. The molecule has 6 heteroatoms. The molecule has 1 aliphatic heterocycles. The summed E-state index contributed by atoms with van der Waals surface area (Å²) in [7, 11) is 1.63. The van der Waals surface area contributed by atoms with E-state index in [0.717, 1.165) is 23.1 Å². The van der Waals surface area contributed by atoms with Crippen molar-refractivity contribution in [1.29, 1.82) is 0 Å². The van der Waals surface area contributed by atoms with Gasteiger partial charge in [0, 0.05) is 30.0 Å². The smallest absolute Gasteiger partial charge is 0.175 e. The first-order chi connectivity index (χ1) is 17.9. The number of halogens is 2. The van der Waals surface area contributed by atoms with E-state index in [1.165, 1.54) is 28.6 Å². The van der Waals surface area contributed by atoms with Gasteiger partial charge in [0.1, 0.15) is 18.6 Å². The molecule has 1 aliphatic rings. The Hall–Kier alpha value is -3.51. The van der Waals surface area contributed by atoms with E-state index in [-0.39, 0.29) is 18.6 Å². The first kappa shape index (κ1) is 25.2. The number of hydrogen-bond donors (Lipinski definition) is 0. The quantitative estimate of drug-likeness (QED) is 0.230. The molecule has 0 aliphatic carbocycles. The van der Waals surface area contributed by atoms with Crippen LogP contribution in [0.25, 0.3) is 0 Å². The van der Waals surface area contributed by atoms with Gasteiger partial charge in [0.25, 0.3) is 0 Å². The molecule has 190 valence electrons. The van der Waals surface area contributed by atoms with Crippen LogP contribution in [0.15, 0.2) is 89.4 Å². The number of hydrogen-bond acceptors (Lipinski definition) is 4. The van der Waals surface area contributed by atoms with Crippen molar-refractivity contribution in [2.24, 2.45) is 0 Å². The summed E-state index contributed by atoms with van der Waals surface area (Å²) in [6.07, 6.45) is -0.0452. The van der Waals surface area contributed by atoms with Gasteiger partial charge in [0.2, 0.25) is 0 Å². The topological polar surface area (TPSA) is 24.9 Å². The molecule has 4 aromatic carbocycles. The molecule has 5 rings (SSSR count). The Morgan fingerprint density at radius 1 is 0.838 bits per heavy atom. The minimum absolute atomic E-state index is 0.0452. The van der Waals surface area contributed by atoms with Crippen molar-refractivity contribution in [1.82, 2.24) is 0 Å². The monoisotopic (exact) mass is 560 g/mol. The average molecular weight is 561 g/mol. The average Bonchev–Trinajstić information content (AvgIpc) is 3.34. The Balaban J connectivity index is 1.53. The first-order valence-corrected chi connectivity index (χ1v) is 13.1. The van der Waals surface area contributed by atoms with Crippen LogP contribution in [0.5, 0.6) is 11.5 Å². The second-order valence-corrected chi connectivity index (χ2v) is 10.2. The van der Waals surface area contributed by atoms with Gasteiger partial charge in [-0.15, -0.1) is 0 Å². The summed E-state index contributed by atoms with van der Waals surface area (Å²) in [5, 5.41) is 0. The lowest BCUT2D eigenvalue weighted by Crippen LogP contribution is -2.31. The van der Waals surface area contributed by atoms with Crippen LogP contribution in [-0.4, -0.2) is 20.2 Å². The summed E-state index contributed by atoms with van der Waals surface area (Å²) in [6, 6.07) is 28.1. The van der Waals surface area contributed by atoms with Crippen molar-refractivity contribution in [2.45, 2.75) is 26.6 Å². The summed E-state index contributed by atoms with van der Waals surface area (Å²) in [4.78, 5) is 4.83. The first-order valence-electron chi connectivity index (χ1n) is 12.3. The van der Waals surface area contributed by atoms with Crippen LogP contribution in [0.3, 0.4) is 0 Å². The van der Waals surface area contributed by atoms with Gasteiger partial charge in [-0.2, -0.15) is 0 Å². The molecule has 0 amide bonds. The minimum Gasteiger partial charge on any atom is -0.493 e. The van der Waals surface area contributed by atoms with Gasteiger partial charge in [-0.25, -0.2) is 4.39 Å². The van der Waals surface area contributed by atoms with Crippen molar-refractivity contribution >= 4 is 27.3 Å². The van der Waals surface area contributed by atoms with Crippen molar-refractivity contribution in [2.75, 3.05) is 30.0 Å². The highest BCUT2D eigenvalue weighted by atomic mass is 79.9. The zero-order valence-corrected chi connectivity index (χ0v) is 22.8. The Morgan fingerprint density at radius 2 is 1.41 bits per heavy atom. The summed E-state index contributed by atoms with van der Waals surface area (Å²) < 4.78 is 26.8. The van der Waals surface area contributed by atoms with E-state index in [0.29, 0.717) is 17.1 Å². The van der Waals surface area contributed by atoms with Crippen molar-refractivity contribution in [3.05, 3.63) is 117 Å². The molecule has 0 saturated carbocycles. The van der Waals surface area contributed by atoms with E-state index in [4.69, 9.17) is 9.47 Å². The second kappa shape index (κ2) is 10.9. The van der Waals surface area contributed by atoms with Crippen LogP contribution in [0.4, 0.5) is 15.8 Å². The van der Waals surface area contributed by atoms with E-state index < -0.39 is 0 Å². The van der Waals surface area contributed by atoms with Gasteiger partial charge < -0.3 is 19.3 Å². The number of methoxy groups -OCH3 is 1. The number of anilines is 2. The van der Waals surface area contributed by atoms with Gasteiger partial charge in [0.05, 0.1) is 11.6 Å².